The van der Waals surface area contributed by atoms with Gasteiger partial charge in [0, 0.05) is 16.4 Å². The molecule has 1 heterocycles. The molecule has 3 aromatic rings. The molecule has 1 aromatic heterocycles. The highest BCUT2D eigenvalue weighted by atomic mass is 79.9. The second kappa shape index (κ2) is 5.81. The van der Waals surface area contributed by atoms with Crippen LogP contribution in [0.25, 0.3) is 11.0 Å². The van der Waals surface area contributed by atoms with Crippen molar-refractivity contribution in [2.45, 2.75) is 19.5 Å². The summed E-state index contributed by atoms with van der Waals surface area (Å²) in [6, 6.07) is 18.7. The molecular weight excluding hydrogens is 314 g/mol. The number of para-hydroxylation sites is 1. The smallest absolute Gasteiger partial charge is 0.134 e. The third-order valence-electron chi connectivity index (χ3n) is 3.40. The van der Waals surface area contributed by atoms with Gasteiger partial charge >= 0.3 is 0 Å². The fraction of sp³-hybridized carbons (Fsp3) is 0.176. The zero-order valence-corrected chi connectivity index (χ0v) is 12.9. The van der Waals surface area contributed by atoms with Gasteiger partial charge in [-0.25, -0.2) is 0 Å². The molecule has 20 heavy (non-hydrogen) atoms. The summed E-state index contributed by atoms with van der Waals surface area (Å²) >= 11 is 3.45. The van der Waals surface area contributed by atoms with Gasteiger partial charge in [-0.15, -0.1) is 0 Å². The van der Waals surface area contributed by atoms with Gasteiger partial charge in [0.2, 0.25) is 0 Å². The van der Waals surface area contributed by atoms with E-state index in [0.29, 0.717) is 0 Å². The lowest BCUT2D eigenvalue weighted by atomic mass is 10.2. The number of benzene rings is 2. The van der Waals surface area contributed by atoms with Crippen molar-refractivity contribution in [3.05, 3.63) is 70.4 Å². The minimum Gasteiger partial charge on any atom is -0.459 e. The largest absolute Gasteiger partial charge is 0.459 e. The Bertz CT molecular complexity index is 669. The van der Waals surface area contributed by atoms with Crippen LogP contribution < -0.4 is 5.32 Å². The van der Waals surface area contributed by atoms with Crippen molar-refractivity contribution in [3.63, 3.8) is 0 Å². The molecule has 102 valence electrons. The molecule has 0 spiro atoms. The molecule has 0 aliphatic heterocycles. The Morgan fingerprint density at radius 1 is 1.10 bits per heavy atom. The van der Waals surface area contributed by atoms with Crippen molar-refractivity contribution in [2.75, 3.05) is 0 Å². The van der Waals surface area contributed by atoms with Crippen LogP contribution >= 0.6 is 15.9 Å². The average Bonchev–Trinajstić information content (AvgIpc) is 2.90. The van der Waals surface area contributed by atoms with Crippen LogP contribution in [0.1, 0.15) is 24.3 Å². The second-order valence-electron chi connectivity index (χ2n) is 4.92. The Morgan fingerprint density at radius 2 is 1.85 bits per heavy atom. The first kappa shape index (κ1) is 13.4. The van der Waals surface area contributed by atoms with Crippen LogP contribution in [-0.4, -0.2) is 0 Å². The lowest BCUT2D eigenvalue weighted by molar-refractivity contribution is 0.451. The van der Waals surface area contributed by atoms with E-state index in [1.54, 1.807) is 0 Å². The third kappa shape index (κ3) is 2.94. The quantitative estimate of drug-likeness (QED) is 0.724. The first-order chi connectivity index (χ1) is 9.72. The van der Waals surface area contributed by atoms with Gasteiger partial charge < -0.3 is 9.73 Å². The third-order valence-corrected chi connectivity index (χ3v) is 3.93. The molecule has 3 heteroatoms. The summed E-state index contributed by atoms with van der Waals surface area (Å²) in [6.45, 7) is 2.95. The molecule has 0 aliphatic carbocycles. The van der Waals surface area contributed by atoms with Gasteiger partial charge in [0.05, 0.1) is 6.04 Å². The molecule has 0 saturated heterocycles. The molecule has 1 unspecified atom stereocenters. The Hall–Kier alpha value is -1.58. The fourth-order valence-electron chi connectivity index (χ4n) is 2.19. The highest BCUT2D eigenvalue weighted by Gasteiger charge is 2.10. The van der Waals surface area contributed by atoms with Gasteiger partial charge in [0.15, 0.2) is 0 Å². The molecule has 1 N–H and O–H groups in total. The summed E-state index contributed by atoms with van der Waals surface area (Å²) in [5, 5.41) is 4.64. The molecule has 0 aliphatic rings. The van der Waals surface area contributed by atoms with Gasteiger partial charge in [0.1, 0.15) is 11.3 Å². The molecule has 2 aromatic carbocycles. The SMILES string of the molecule is CC(NCc1ccc(Br)cc1)c1cc2ccccc2o1. The topological polar surface area (TPSA) is 25.2 Å². The van der Waals surface area contributed by atoms with Gasteiger partial charge in [-0.1, -0.05) is 46.3 Å². The monoisotopic (exact) mass is 329 g/mol. The van der Waals surface area contributed by atoms with Crippen molar-refractivity contribution in [3.8, 4) is 0 Å². The number of furan rings is 1. The van der Waals surface area contributed by atoms with E-state index in [9.17, 15) is 0 Å². The van der Waals surface area contributed by atoms with Crippen molar-refractivity contribution in [1.29, 1.82) is 0 Å². The van der Waals surface area contributed by atoms with E-state index in [1.807, 2.05) is 18.2 Å². The minimum atomic E-state index is 0.186. The molecule has 0 bridgehead atoms. The predicted octanol–water partition coefficient (Wildman–Crippen LogP) is 5.05. The summed E-state index contributed by atoms with van der Waals surface area (Å²) in [6.07, 6.45) is 0. The number of hydrogen-bond donors (Lipinski definition) is 1. The fourth-order valence-corrected chi connectivity index (χ4v) is 2.45. The van der Waals surface area contributed by atoms with Crippen LogP contribution in [-0.2, 0) is 6.54 Å². The van der Waals surface area contributed by atoms with E-state index in [2.05, 4.69) is 64.6 Å². The summed E-state index contributed by atoms with van der Waals surface area (Å²) in [7, 11) is 0. The van der Waals surface area contributed by atoms with Gasteiger partial charge in [0.25, 0.3) is 0 Å². The van der Waals surface area contributed by atoms with E-state index in [4.69, 9.17) is 4.42 Å². The summed E-state index contributed by atoms with van der Waals surface area (Å²) in [5.41, 5.74) is 2.20. The zero-order valence-electron chi connectivity index (χ0n) is 11.3. The Balaban J connectivity index is 1.69. The molecule has 2 nitrogen and oxygen atoms in total. The number of rotatable bonds is 4. The van der Waals surface area contributed by atoms with Gasteiger partial charge in [-0.3, -0.25) is 0 Å². The lowest BCUT2D eigenvalue weighted by Crippen LogP contribution is -2.17. The molecule has 1 atom stereocenters. The second-order valence-corrected chi connectivity index (χ2v) is 5.83. The molecule has 0 fully saturated rings. The van der Waals surface area contributed by atoms with Crippen LogP contribution in [0.4, 0.5) is 0 Å². The number of halogens is 1. The van der Waals surface area contributed by atoms with E-state index < -0.39 is 0 Å². The Morgan fingerprint density at radius 3 is 2.60 bits per heavy atom. The first-order valence-corrected chi connectivity index (χ1v) is 7.48. The van der Waals surface area contributed by atoms with Crippen LogP contribution in [0, 0.1) is 0 Å². The van der Waals surface area contributed by atoms with Crippen molar-refractivity contribution in [2.24, 2.45) is 0 Å². The van der Waals surface area contributed by atoms with Crippen LogP contribution in [0.2, 0.25) is 0 Å². The van der Waals surface area contributed by atoms with E-state index in [1.165, 1.54) is 5.56 Å². The first-order valence-electron chi connectivity index (χ1n) is 6.69. The van der Waals surface area contributed by atoms with Crippen LogP contribution in [0.3, 0.4) is 0 Å². The predicted molar refractivity (Wildman–Crippen MR) is 85.6 cm³/mol. The Kier molecular flexibility index (Phi) is 3.90. The maximum absolute atomic E-state index is 5.87. The summed E-state index contributed by atoms with van der Waals surface area (Å²) in [5.74, 6) is 0.975. The minimum absolute atomic E-state index is 0.186. The van der Waals surface area contributed by atoms with Gasteiger partial charge in [-0.2, -0.15) is 0 Å². The summed E-state index contributed by atoms with van der Waals surface area (Å²) in [4.78, 5) is 0. The maximum atomic E-state index is 5.87. The standard InChI is InChI=1S/C17H16BrNO/c1-12(19-11-13-6-8-15(18)9-7-13)17-10-14-4-2-3-5-16(14)20-17/h2-10,12,19H,11H2,1H3. The highest BCUT2D eigenvalue weighted by molar-refractivity contribution is 9.10. The molecule has 0 radical (unpaired) electrons. The molecule has 3 rings (SSSR count). The van der Waals surface area contributed by atoms with Crippen LogP contribution in [0.15, 0.2) is 63.5 Å². The van der Waals surface area contributed by atoms with Crippen molar-refractivity contribution < 1.29 is 4.42 Å². The van der Waals surface area contributed by atoms with E-state index >= 15 is 0 Å². The summed E-state index contributed by atoms with van der Waals surface area (Å²) < 4.78 is 6.97. The molecule has 0 saturated carbocycles. The number of nitrogens with one attached hydrogen (secondary N) is 1. The average molecular weight is 330 g/mol. The van der Waals surface area contributed by atoms with Gasteiger partial charge in [-0.05, 0) is 36.8 Å². The lowest BCUT2D eigenvalue weighted by Gasteiger charge is -2.11. The maximum Gasteiger partial charge on any atom is 0.134 e. The normalized spacial score (nSPS) is 12.7. The number of hydrogen-bond acceptors (Lipinski definition) is 2. The molecular formula is C17H16BrNO. The van der Waals surface area contributed by atoms with Crippen molar-refractivity contribution >= 4 is 26.9 Å². The zero-order chi connectivity index (χ0) is 13.9. The van der Waals surface area contributed by atoms with E-state index in [0.717, 1.165) is 27.7 Å². The number of fused-ring (bicyclic) bond motifs is 1. The van der Waals surface area contributed by atoms with Crippen LogP contribution in [0.5, 0.6) is 0 Å². The van der Waals surface area contributed by atoms with E-state index in [-0.39, 0.29) is 6.04 Å². The Labute approximate surface area is 126 Å². The highest BCUT2D eigenvalue weighted by Crippen LogP contribution is 2.23. The van der Waals surface area contributed by atoms with Crippen molar-refractivity contribution in [1.82, 2.24) is 5.32 Å². The molecule has 0 amide bonds.